The third-order valence-electron chi connectivity index (χ3n) is 6.25. The van der Waals surface area contributed by atoms with Gasteiger partial charge in [0.15, 0.2) is 0 Å². The number of fused-ring (bicyclic) bond motifs is 1. The summed E-state index contributed by atoms with van der Waals surface area (Å²) in [4.78, 5) is 17.9. The summed E-state index contributed by atoms with van der Waals surface area (Å²) in [7, 11) is 0. The third kappa shape index (κ3) is 3.77. The first-order valence-electron chi connectivity index (χ1n) is 10.9. The number of carbonyl (C=O) groups excluding carboxylic acids is 1. The summed E-state index contributed by atoms with van der Waals surface area (Å²) in [5.74, 6) is 0.0490. The standard InChI is InChI=1S/C26H27N3O2/c1-19(20-7-3-2-4-8-20)29-25(27-24-10-6-5-9-23(24)26(29)30)21-11-13-22(14-12-21)28-15-17-31-18-16-28/h2-14,19,25,27H,15-18H2,1H3/t19-,25-/m0/s1. The number of ether oxygens (including phenoxy) is 1. The van der Waals surface area contributed by atoms with Gasteiger partial charge in [-0.25, -0.2) is 0 Å². The molecule has 1 saturated heterocycles. The average Bonchev–Trinajstić information content (AvgIpc) is 2.85. The van der Waals surface area contributed by atoms with Gasteiger partial charge in [0, 0.05) is 24.5 Å². The molecule has 1 fully saturated rings. The van der Waals surface area contributed by atoms with Crippen LogP contribution in [0.25, 0.3) is 0 Å². The maximum atomic E-state index is 13.6. The quantitative estimate of drug-likeness (QED) is 0.664. The molecule has 3 aromatic carbocycles. The Labute approximate surface area is 183 Å². The lowest BCUT2D eigenvalue weighted by Gasteiger charge is -2.42. The first-order chi connectivity index (χ1) is 15.2. The molecule has 158 valence electrons. The SMILES string of the molecule is C[C@@H](c1ccccc1)N1C(=O)c2ccccc2N[C@@H]1c1ccc(N2CCOCC2)cc1. The zero-order chi connectivity index (χ0) is 21.2. The van der Waals surface area contributed by atoms with Gasteiger partial charge < -0.3 is 19.9 Å². The number of hydrogen-bond donors (Lipinski definition) is 1. The van der Waals surface area contributed by atoms with Gasteiger partial charge in [0.25, 0.3) is 5.91 Å². The van der Waals surface area contributed by atoms with Crippen molar-refractivity contribution in [3.8, 4) is 0 Å². The molecule has 1 amide bonds. The summed E-state index contributed by atoms with van der Waals surface area (Å²) in [5, 5.41) is 3.61. The smallest absolute Gasteiger partial charge is 0.258 e. The molecule has 3 aromatic rings. The monoisotopic (exact) mass is 413 g/mol. The second kappa shape index (κ2) is 8.44. The summed E-state index contributed by atoms with van der Waals surface area (Å²) in [6.45, 7) is 5.44. The summed E-state index contributed by atoms with van der Waals surface area (Å²) in [6.07, 6.45) is -0.239. The molecule has 2 heterocycles. The minimum Gasteiger partial charge on any atom is -0.378 e. The molecule has 5 rings (SSSR count). The van der Waals surface area contributed by atoms with Crippen molar-refractivity contribution >= 4 is 17.3 Å². The second-order valence-corrected chi connectivity index (χ2v) is 8.08. The Bertz CT molecular complexity index is 1050. The molecule has 0 spiro atoms. The highest BCUT2D eigenvalue weighted by Gasteiger charge is 2.36. The number of hydrogen-bond acceptors (Lipinski definition) is 4. The number of benzene rings is 3. The fraction of sp³-hybridized carbons (Fsp3) is 0.269. The van der Waals surface area contributed by atoms with Crippen molar-refractivity contribution < 1.29 is 9.53 Å². The second-order valence-electron chi connectivity index (χ2n) is 8.08. The zero-order valence-electron chi connectivity index (χ0n) is 17.7. The van der Waals surface area contributed by atoms with E-state index >= 15 is 0 Å². The van der Waals surface area contributed by atoms with E-state index in [1.807, 2.05) is 47.4 Å². The Kier molecular flexibility index (Phi) is 5.35. The fourth-order valence-electron chi connectivity index (χ4n) is 4.49. The van der Waals surface area contributed by atoms with Gasteiger partial charge in [0.05, 0.1) is 24.8 Å². The highest BCUT2D eigenvalue weighted by molar-refractivity contribution is 6.02. The number of anilines is 2. The van der Waals surface area contributed by atoms with Crippen LogP contribution in [0.4, 0.5) is 11.4 Å². The molecule has 0 aliphatic carbocycles. The van der Waals surface area contributed by atoms with Gasteiger partial charge in [0.2, 0.25) is 0 Å². The minimum absolute atomic E-state index is 0.0490. The van der Waals surface area contributed by atoms with E-state index in [-0.39, 0.29) is 18.1 Å². The van der Waals surface area contributed by atoms with E-state index in [1.165, 1.54) is 5.69 Å². The van der Waals surface area contributed by atoms with Crippen molar-refractivity contribution in [3.05, 3.63) is 95.6 Å². The molecule has 0 aromatic heterocycles. The molecule has 1 N–H and O–H groups in total. The van der Waals surface area contributed by atoms with Crippen molar-refractivity contribution in [3.63, 3.8) is 0 Å². The molecule has 5 nitrogen and oxygen atoms in total. The van der Waals surface area contributed by atoms with E-state index < -0.39 is 0 Å². The van der Waals surface area contributed by atoms with Crippen molar-refractivity contribution in [2.45, 2.75) is 19.1 Å². The van der Waals surface area contributed by atoms with Crippen molar-refractivity contribution in [1.82, 2.24) is 4.90 Å². The van der Waals surface area contributed by atoms with E-state index in [4.69, 9.17) is 4.74 Å². The Morgan fingerprint density at radius 2 is 1.58 bits per heavy atom. The van der Waals surface area contributed by atoms with Gasteiger partial charge in [-0.15, -0.1) is 0 Å². The van der Waals surface area contributed by atoms with Crippen LogP contribution in [0.1, 0.15) is 40.6 Å². The van der Waals surface area contributed by atoms with Crippen molar-refractivity contribution in [1.29, 1.82) is 0 Å². The number of rotatable bonds is 4. The van der Waals surface area contributed by atoms with Crippen molar-refractivity contribution in [2.75, 3.05) is 36.5 Å². The van der Waals surface area contributed by atoms with Crippen LogP contribution in [0.3, 0.4) is 0 Å². The molecule has 31 heavy (non-hydrogen) atoms. The largest absolute Gasteiger partial charge is 0.378 e. The Morgan fingerprint density at radius 3 is 2.32 bits per heavy atom. The fourth-order valence-corrected chi connectivity index (χ4v) is 4.49. The maximum Gasteiger partial charge on any atom is 0.258 e. The van der Waals surface area contributed by atoms with Crippen LogP contribution in [0.2, 0.25) is 0 Å². The molecule has 0 saturated carbocycles. The summed E-state index contributed by atoms with van der Waals surface area (Å²) >= 11 is 0. The lowest BCUT2D eigenvalue weighted by molar-refractivity contribution is 0.0596. The number of carbonyl (C=O) groups is 1. The molecule has 5 heteroatoms. The minimum atomic E-state index is -0.239. The van der Waals surface area contributed by atoms with Crippen LogP contribution in [0.15, 0.2) is 78.9 Å². The zero-order valence-corrected chi connectivity index (χ0v) is 17.7. The molecule has 2 aliphatic rings. The third-order valence-corrected chi connectivity index (χ3v) is 6.25. The number of para-hydroxylation sites is 1. The molecular formula is C26H27N3O2. The van der Waals surface area contributed by atoms with Crippen LogP contribution < -0.4 is 10.2 Å². The summed E-state index contributed by atoms with van der Waals surface area (Å²) in [6, 6.07) is 26.5. The molecule has 2 aliphatic heterocycles. The predicted octanol–water partition coefficient (Wildman–Crippen LogP) is 4.85. The number of nitrogens with one attached hydrogen (secondary N) is 1. The van der Waals surface area contributed by atoms with Crippen LogP contribution in [0, 0.1) is 0 Å². The van der Waals surface area contributed by atoms with Gasteiger partial charge in [-0.05, 0) is 42.3 Å². The molecular weight excluding hydrogens is 386 g/mol. The lowest BCUT2D eigenvalue weighted by Crippen LogP contribution is -2.44. The van der Waals surface area contributed by atoms with E-state index in [0.717, 1.165) is 43.1 Å². The van der Waals surface area contributed by atoms with Crippen LogP contribution in [-0.2, 0) is 4.74 Å². The predicted molar refractivity (Wildman–Crippen MR) is 123 cm³/mol. The van der Waals surface area contributed by atoms with Crippen molar-refractivity contribution in [2.24, 2.45) is 0 Å². The first-order valence-corrected chi connectivity index (χ1v) is 10.9. The topological polar surface area (TPSA) is 44.8 Å². The number of nitrogens with zero attached hydrogens (tertiary/aromatic N) is 2. The van der Waals surface area contributed by atoms with Gasteiger partial charge in [-0.1, -0.05) is 54.6 Å². The van der Waals surface area contributed by atoms with Gasteiger partial charge >= 0.3 is 0 Å². The molecule has 0 radical (unpaired) electrons. The van der Waals surface area contributed by atoms with Gasteiger partial charge in [-0.3, -0.25) is 4.79 Å². The van der Waals surface area contributed by atoms with Gasteiger partial charge in [0.1, 0.15) is 6.17 Å². The number of morpholine rings is 1. The van der Waals surface area contributed by atoms with Gasteiger partial charge in [-0.2, -0.15) is 0 Å². The molecule has 2 atom stereocenters. The highest BCUT2D eigenvalue weighted by atomic mass is 16.5. The van der Waals surface area contributed by atoms with E-state index in [9.17, 15) is 4.79 Å². The normalized spacial score (nSPS) is 19.5. The lowest BCUT2D eigenvalue weighted by atomic mass is 9.98. The Balaban J connectivity index is 1.50. The van der Waals surface area contributed by atoms with Crippen LogP contribution in [0.5, 0.6) is 0 Å². The van der Waals surface area contributed by atoms with E-state index in [0.29, 0.717) is 5.56 Å². The van der Waals surface area contributed by atoms with E-state index in [1.54, 1.807) is 0 Å². The Morgan fingerprint density at radius 1 is 0.903 bits per heavy atom. The summed E-state index contributed by atoms with van der Waals surface area (Å²) in [5.41, 5.74) is 4.98. The molecule has 0 unspecified atom stereocenters. The average molecular weight is 414 g/mol. The van der Waals surface area contributed by atoms with Crippen LogP contribution >= 0.6 is 0 Å². The highest BCUT2D eigenvalue weighted by Crippen LogP contribution is 2.39. The maximum absolute atomic E-state index is 13.6. The summed E-state index contributed by atoms with van der Waals surface area (Å²) < 4.78 is 5.47. The van der Waals surface area contributed by atoms with Crippen LogP contribution in [-0.4, -0.2) is 37.1 Å². The first kappa shape index (κ1) is 19.6. The Hall–Kier alpha value is -3.31. The molecule has 0 bridgehead atoms. The number of amides is 1. The van der Waals surface area contributed by atoms with E-state index in [2.05, 4.69) is 53.5 Å².